The molecule has 0 aliphatic carbocycles. The zero-order valence-electron chi connectivity index (χ0n) is 10.5. The minimum absolute atomic E-state index is 0.275. The van der Waals surface area contributed by atoms with Crippen molar-refractivity contribution in [3.8, 4) is 0 Å². The fraction of sp³-hybridized carbons (Fsp3) is 1.00. The minimum atomic E-state index is 0.275. The molecule has 0 saturated carbocycles. The maximum Gasteiger partial charge on any atom is 0.0594 e. The van der Waals surface area contributed by atoms with Gasteiger partial charge in [-0.3, -0.25) is 4.90 Å². The summed E-state index contributed by atoms with van der Waals surface area (Å²) >= 11 is 0. The quantitative estimate of drug-likeness (QED) is 0.655. The Morgan fingerprint density at radius 1 is 1.19 bits per heavy atom. The second-order valence-electron chi connectivity index (χ2n) is 4.37. The van der Waals surface area contributed by atoms with Crippen molar-refractivity contribution in [2.75, 3.05) is 59.1 Å². The smallest absolute Gasteiger partial charge is 0.0594 e. The second-order valence-corrected chi connectivity index (χ2v) is 4.37. The van der Waals surface area contributed by atoms with Crippen molar-refractivity contribution in [2.45, 2.75) is 19.8 Å². The van der Waals surface area contributed by atoms with Gasteiger partial charge < -0.3 is 14.7 Å². The Morgan fingerprint density at radius 2 is 1.94 bits per heavy atom. The number of hydrogen-bond acceptors (Lipinski definition) is 4. The van der Waals surface area contributed by atoms with Gasteiger partial charge in [-0.25, -0.2) is 0 Å². The second kappa shape index (κ2) is 8.93. The largest absolute Gasteiger partial charge is 0.395 e. The van der Waals surface area contributed by atoms with Crippen LogP contribution in [0.1, 0.15) is 19.8 Å². The van der Waals surface area contributed by atoms with Crippen LogP contribution in [0.4, 0.5) is 0 Å². The first-order chi connectivity index (χ1) is 7.86. The highest BCUT2D eigenvalue weighted by atomic mass is 16.5. The van der Waals surface area contributed by atoms with Gasteiger partial charge in [0.2, 0.25) is 0 Å². The number of aliphatic hydroxyl groups is 1. The van der Waals surface area contributed by atoms with Crippen LogP contribution in [-0.2, 0) is 4.74 Å². The average molecular weight is 230 g/mol. The molecule has 1 aliphatic rings. The lowest BCUT2D eigenvalue weighted by Crippen LogP contribution is -2.38. The first kappa shape index (κ1) is 13.9. The van der Waals surface area contributed by atoms with Gasteiger partial charge in [0.15, 0.2) is 0 Å². The summed E-state index contributed by atoms with van der Waals surface area (Å²) in [6.45, 7) is 10.6. The van der Waals surface area contributed by atoms with Crippen LogP contribution >= 0.6 is 0 Å². The molecule has 1 fully saturated rings. The van der Waals surface area contributed by atoms with E-state index in [9.17, 15) is 0 Å². The lowest BCUT2D eigenvalue weighted by atomic mass is 10.3. The van der Waals surface area contributed by atoms with Gasteiger partial charge in [0.1, 0.15) is 0 Å². The van der Waals surface area contributed by atoms with E-state index in [0.29, 0.717) is 0 Å². The zero-order valence-corrected chi connectivity index (χ0v) is 10.5. The maximum absolute atomic E-state index is 8.94. The first-order valence-corrected chi connectivity index (χ1v) is 6.50. The summed E-state index contributed by atoms with van der Waals surface area (Å²) in [6, 6.07) is 0. The Bertz CT molecular complexity index is 155. The molecule has 0 bridgehead atoms. The van der Waals surface area contributed by atoms with E-state index in [1.54, 1.807) is 0 Å². The van der Waals surface area contributed by atoms with E-state index in [2.05, 4.69) is 16.7 Å². The molecular weight excluding hydrogens is 204 g/mol. The van der Waals surface area contributed by atoms with Crippen LogP contribution in [0.25, 0.3) is 0 Å². The van der Waals surface area contributed by atoms with Crippen LogP contribution in [0, 0.1) is 0 Å². The van der Waals surface area contributed by atoms with E-state index in [1.807, 2.05) is 0 Å². The Kier molecular flexibility index (Phi) is 7.76. The van der Waals surface area contributed by atoms with Gasteiger partial charge in [-0.15, -0.1) is 0 Å². The molecule has 1 aliphatic heterocycles. The van der Waals surface area contributed by atoms with Gasteiger partial charge in [-0.1, -0.05) is 6.92 Å². The molecule has 16 heavy (non-hydrogen) atoms. The van der Waals surface area contributed by atoms with Crippen molar-refractivity contribution in [1.82, 2.24) is 9.80 Å². The molecule has 0 aromatic heterocycles. The molecule has 1 heterocycles. The molecule has 1 saturated heterocycles. The number of aliphatic hydroxyl groups excluding tert-OH is 1. The molecule has 0 aromatic carbocycles. The van der Waals surface area contributed by atoms with Crippen molar-refractivity contribution >= 4 is 0 Å². The van der Waals surface area contributed by atoms with E-state index in [1.165, 1.54) is 6.42 Å². The van der Waals surface area contributed by atoms with E-state index in [0.717, 1.165) is 58.9 Å². The SMILES string of the molecule is CCCN(CCO)CCCN1CCOCC1. The Morgan fingerprint density at radius 3 is 2.56 bits per heavy atom. The predicted molar refractivity (Wildman–Crippen MR) is 65.7 cm³/mol. The topological polar surface area (TPSA) is 35.9 Å². The molecule has 1 rings (SSSR count). The number of rotatable bonds is 8. The fourth-order valence-electron chi connectivity index (χ4n) is 2.14. The normalized spacial score (nSPS) is 18.2. The Balaban J connectivity index is 2.06. The third-order valence-electron chi connectivity index (χ3n) is 3.01. The summed E-state index contributed by atoms with van der Waals surface area (Å²) in [7, 11) is 0. The third kappa shape index (κ3) is 5.80. The van der Waals surface area contributed by atoms with Gasteiger partial charge in [-0.05, 0) is 32.5 Å². The summed E-state index contributed by atoms with van der Waals surface area (Å²) in [5.74, 6) is 0. The van der Waals surface area contributed by atoms with Crippen molar-refractivity contribution in [3.63, 3.8) is 0 Å². The van der Waals surface area contributed by atoms with Gasteiger partial charge in [0, 0.05) is 19.6 Å². The highest BCUT2D eigenvalue weighted by Gasteiger charge is 2.10. The van der Waals surface area contributed by atoms with Crippen LogP contribution in [0.2, 0.25) is 0 Å². The van der Waals surface area contributed by atoms with E-state index in [4.69, 9.17) is 9.84 Å². The lowest BCUT2D eigenvalue weighted by molar-refractivity contribution is 0.0359. The molecule has 0 amide bonds. The van der Waals surface area contributed by atoms with Crippen molar-refractivity contribution in [2.24, 2.45) is 0 Å². The number of ether oxygens (including phenoxy) is 1. The summed E-state index contributed by atoms with van der Waals surface area (Å²) in [4.78, 5) is 4.81. The summed E-state index contributed by atoms with van der Waals surface area (Å²) in [5.41, 5.74) is 0. The molecule has 96 valence electrons. The van der Waals surface area contributed by atoms with Crippen molar-refractivity contribution in [3.05, 3.63) is 0 Å². The number of nitrogens with zero attached hydrogens (tertiary/aromatic N) is 2. The van der Waals surface area contributed by atoms with Gasteiger partial charge in [0.05, 0.1) is 19.8 Å². The fourth-order valence-corrected chi connectivity index (χ4v) is 2.14. The first-order valence-electron chi connectivity index (χ1n) is 6.50. The molecule has 1 N–H and O–H groups in total. The lowest BCUT2D eigenvalue weighted by Gasteiger charge is -2.28. The minimum Gasteiger partial charge on any atom is -0.395 e. The summed E-state index contributed by atoms with van der Waals surface area (Å²) in [6.07, 6.45) is 2.36. The van der Waals surface area contributed by atoms with Crippen LogP contribution in [0.3, 0.4) is 0 Å². The molecule has 0 aromatic rings. The van der Waals surface area contributed by atoms with Gasteiger partial charge in [0.25, 0.3) is 0 Å². The van der Waals surface area contributed by atoms with Gasteiger partial charge >= 0.3 is 0 Å². The molecular formula is C12H26N2O2. The van der Waals surface area contributed by atoms with Gasteiger partial charge in [-0.2, -0.15) is 0 Å². The zero-order chi connectivity index (χ0) is 11.6. The molecule has 0 radical (unpaired) electrons. The van der Waals surface area contributed by atoms with Crippen LogP contribution in [-0.4, -0.2) is 74.0 Å². The predicted octanol–water partition coefficient (Wildman–Crippen LogP) is 0.413. The molecule has 0 atom stereocenters. The standard InChI is InChI=1S/C12H26N2O2/c1-2-4-13(7-10-15)5-3-6-14-8-11-16-12-9-14/h15H,2-12H2,1H3. The number of morpholine rings is 1. The Labute approximate surface area is 99.2 Å². The highest BCUT2D eigenvalue weighted by Crippen LogP contribution is 2.00. The van der Waals surface area contributed by atoms with E-state index < -0.39 is 0 Å². The highest BCUT2D eigenvalue weighted by molar-refractivity contribution is 4.64. The average Bonchev–Trinajstić information content (AvgIpc) is 2.31. The van der Waals surface area contributed by atoms with Crippen LogP contribution in [0.15, 0.2) is 0 Å². The molecule has 0 unspecified atom stereocenters. The third-order valence-corrected chi connectivity index (χ3v) is 3.01. The molecule has 0 spiro atoms. The molecule has 4 nitrogen and oxygen atoms in total. The van der Waals surface area contributed by atoms with E-state index >= 15 is 0 Å². The van der Waals surface area contributed by atoms with Crippen LogP contribution in [0.5, 0.6) is 0 Å². The van der Waals surface area contributed by atoms with Crippen molar-refractivity contribution in [1.29, 1.82) is 0 Å². The Hall–Kier alpha value is -0.160. The maximum atomic E-state index is 8.94. The van der Waals surface area contributed by atoms with Crippen LogP contribution < -0.4 is 0 Å². The van der Waals surface area contributed by atoms with Crippen molar-refractivity contribution < 1.29 is 9.84 Å². The molecule has 4 heteroatoms. The summed E-state index contributed by atoms with van der Waals surface area (Å²) in [5, 5.41) is 8.94. The summed E-state index contributed by atoms with van der Waals surface area (Å²) < 4.78 is 5.32. The number of hydrogen-bond donors (Lipinski definition) is 1. The monoisotopic (exact) mass is 230 g/mol. The van der Waals surface area contributed by atoms with E-state index in [-0.39, 0.29) is 6.61 Å².